The van der Waals surface area contributed by atoms with E-state index in [-0.39, 0.29) is 34.4 Å². The summed E-state index contributed by atoms with van der Waals surface area (Å²) in [4.78, 5) is 11.2. The fourth-order valence-electron chi connectivity index (χ4n) is 2.43. The minimum absolute atomic E-state index is 0.0679. The van der Waals surface area contributed by atoms with Crippen molar-refractivity contribution in [2.75, 3.05) is 18.6 Å². The Labute approximate surface area is 150 Å². The highest BCUT2D eigenvalue weighted by Gasteiger charge is 2.27. The first-order chi connectivity index (χ1) is 12.4. The van der Waals surface area contributed by atoms with Crippen LogP contribution in [0.2, 0.25) is 0 Å². The monoisotopic (exact) mass is 376 g/mol. The summed E-state index contributed by atoms with van der Waals surface area (Å²) in [5.74, 6) is 0.123. The lowest BCUT2D eigenvalue weighted by atomic mass is 10.1. The van der Waals surface area contributed by atoms with Gasteiger partial charge in [0, 0.05) is 17.7 Å². The second-order valence-electron chi connectivity index (χ2n) is 5.26. The van der Waals surface area contributed by atoms with Crippen LogP contribution in [0.4, 0.5) is 5.69 Å². The van der Waals surface area contributed by atoms with E-state index < -0.39 is 15.9 Å². The van der Waals surface area contributed by atoms with E-state index >= 15 is 0 Å². The van der Waals surface area contributed by atoms with Crippen molar-refractivity contribution in [3.63, 3.8) is 0 Å². The van der Waals surface area contributed by atoms with Crippen LogP contribution >= 0.6 is 0 Å². The van der Waals surface area contributed by atoms with Crippen LogP contribution in [0.1, 0.15) is 5.56 Å². The van der Waals surface area contributed by atoms with Crippen molar-refractivity contribution in [1.82, 2.24) is 0 Å². The number of amides is 1. The highest BCUT2D eigenvalue weighted by Crippen LogP contribution is 2.47. The Kier molecular flexibility index (Phi) is 4.72. The molecule has 136 valence electrons. The molecule has 0 atom stereocenters. The number of sulfonamides is 1. The van der Waals surface area contributed by atoms with E-state index in [1.807, 2.05) is 0 Å². The maximum absolute atomic E-state index is 12.7. The molecule has 0 bridgehead atoms. The van der Waals surface area contributed by atoms with Crippen molar-refractivity contribution in [1.29, 1.82) is 0 Å². The fourth-order valence-corrected chi connectivity index (χ4v) is 3.53. The zero-order valence-electron chi connectivity index (χ0n) is 13.8. The van der Waals surface area contributed by atoms with Crippen molar-refractivity contribution in [2.24, 2.45) is 5.73 Å². The largest absolute Gasteiger partial charge is 0.496 e. The van der Waals surface area contributed by atoms with Gasteiger partial charge >= 0.3 is 0 Å². The molecule has 1 aliphatic heterocycles. The highest BCUT2D eigenvalue weighted by atomic mass is 32.2. The van der Waals surface area contributed by atoms with Crippen molar-refractivity contribution in [3.8, 4) is 17.2 Å². The molecule has 3 N–H and O–H groups in total. The predicted molar refractivity (Wildman–Crippen MR) is 94.6 cm³/mol. The number of benzene rings is 2. The smallest absolute Gasteiger partial charge is 0.262 e. The molecular weight excluding hydrogens is 360 g/mol. The molecule has 0 fully saturated rings. The van der Waals surface area contributed by atoms with Crippen LogP contribution in [0.25, 0.3) is 6.08 Å². The third-order valence-electron chi connectivity index (χ3n) is 3.59. The zero-order valence-corrected chi connectivity index (χ0v) is 14.6. The Hall–Kier alpha value is -3.20. The first-order valence-corrected chi connectivity index (χ1v) is 8.96. The topological polar surface area (TPSA) is 117 Å². The molecule has 0 saturated heterocycles. The van der Waals surface area contributed by atoms with Gasteiger partial charge in [0.05, 0.1) is 12.0 Å². The number of ether oxygens (including phenoxy) is 3. The van der Waals surface area contributed by atoms with Gasteiger partial charge in [-0.1, -0.05) is 18.2 Å². The van der Waals surface area contributed by atoms with Crippen LogP contribution in [0.15, 0.2) is 47.4 Å². The Morgan fingerprint density at radius 2 is 2.00 bits per heavy atom. The van der Waals surface area contributed by atoms with Gasteiger partial charge in [-0.15, -0.1) is 0 Å². The molecule has 1 aliphatic rings. The lowest BCUT2D eigenvalue weighted by Crippen LogP contribution is -2.14. The molecule has 9 heteroatoms. The summed E-state index contributed by atoms with van der Waals surface area (Å²) in [6, 6.07) is 9.39. The van der Waals surface area contributed by atoms with E-state index in [4.69, 9.17) is 19.9 Å². The van der Waals surface area contributed by atoms with Gasteiger partial charge in [-0.25, -0.2) is 8.42 Å². The van der Waals surface area contributed by atoms with Gasteiger partial charge in [-0.05, 0) is 18.2 Å². The average molecular weight is 376 g/mol. The van der Waals surface area contributed by atoms with Crippen molar-refractivity contribution in [2.45, 2.75) is 4.90 Å². The molecule has 0 unspecified atom stereocenters. The predicted octanol–water partition coefficient (Wildman–Crippen LogP) is 1.72. The average Bonchev–Trinajstić information content (AvgIpc) is 3.09. The molecular formula is C17H16N2O6S. The lowest BCUT2D eigenvalue weighted by Gasteiger charge is -2.16. The number of primary amides is 1. The van der Waals surface area contributed by atoms with Crippen molar-refractivity contribution in [3.05, 3.63) is 48.0 Å². The number of fused-ring (bicyclic) bond motifs is 1. The van der Waals surface area contributed by atoms with Gasteiger partial charge in [0.25, 0.3) is 10.0 Å². The van der Waals surface area contributed by atoms with Crippen LogP contribution in [0, 0.1) is 0 Å². The molecule has 0 aromatic heterocycles. The summed E-state index contributed by atoms with van der Waals surface area (Å²) < 4.78 is 44.0. The zero-order chi connectivity index (χ0) is 18.7. The van der Waals surface area contributed by atoms with Gasteiger partial charge in [0.15, 0.2) is 11.5 Å². The van der Waals surface area contributed by atoms with Gasteiger partial charge in [0.2, 0.25) is 12.7 Å². The van der Waals surface area contributed by atoms with Gasteiger partial charge in [-0.3, -0.25) is 9.52 Å². The molecule has 0 aliphatic carbocycles. The minimum atomic E-state index is -3.91. The molecule has 2 aromatic rings. The second-order valence-corrected chi connectivity index (χ2v) is 6.94. The quantitative estimate of drug-likeness (QED) is 0.742. The number of nitrogens with one attached hydrogen (secondary N) is 1. The molecule has 2 aromatic carbocycles. The van der Waals surface area contributed by atoms with Crippen molar-refractivity contribution < 1.29 is 27.4 Å². The molecule has 0 saturated carbocycles. The Balaban J connectivity index is 2.16. The van der Waals surface area contributed by atoms with Crippen LogP contribution in [0.3, 0.4) is 0 Å². The first kappa shape index (κ1) is 17.6. The maximum atomic E-state index is 12.7. The number of anilines is 1. The summed E-state index contributed by atoms with van der Waals surface area (Å²) in [6.07, 6.45) is 2.45. The number of methoxy groups -OCH3 is 1. The van der Waals surface area contributed by atoms with E-state index in [1.165, 1.54) is 25.3 Å². The summed E-state index contributed by atoms with van der Waals surface area (Å²) >= 11 is 0. The maximum Gasteiger partial charge on any atom is 0.262 e. The number of carbonyl (C=O) groups excluding carboxylic acids is 1. The Morgan fingerprint density at radius 3 is 2.65 bits per heavy atom. The fraction of sp³-hybridized carbons (Fsp3) is 0.118. The molecule has 3 rings (SSSR count). The molecule has 0 spiro atoms. The standard InChI is InChI=1S/C17H16N2O6S/c1-23-13-9-14-17(25-10-24-14)16(12(13)7-8-15(18)20)19-26(21,22)11-5-3-2-4-6-11/h2-9,19H,10H2,1H3,(H2,18,20)/b8-7+. The summed E-state index contributed by atoms with van der Waals surface area (Å²) in [5, 5.41) is 0. The van der Waals surface area contributed by atoms with Crippen molar-refractivity contribution >= 4 is 27.7 Å². The third kappa shape index (κ3) is 3.42. The highest BCUT2D eigenvalue weighted by molar-refractivity contribution is 7.92. The van der Waals surface area contributed by atoms with Crippen LogP contribution in [0.5, 0.6) is 17.2 Å². The van der Waals surface area contributed by atoms with E-state index in [0.717, 1.165) is 6.08 Å². The van der Waals surface area contributed by atoms with Gasteiger partial charge in [-0.2, -0.15) is 0 Å². The number of hydrogen-bond acceptors (Lipinski definition) is 6. The Morgan fingerprint density at radius 1 is 1.27 bits per heavy atom. The normalized spacial score (nSPS) is 13.0. The third-order valence-corrected chi connectivity index (χ3v) is 4.96. The van der Waals surface area contributed by atoms with Crippen LogP contribution < -0.4 is 24.7 Å². The summed E-state index contributed by atoms with van der Waals surface area (Å²) in [5.41, 5.74) is 5.53. The number of rotatable bonds is 6. The number of carbonyl (C=O) groups is 1. The molecule has 1 heterocycles. The molecule has 26 heavy (non-hydrogen) atoms. The summed E-state index contributed by atoms with van der Waals surface area (Å²) in [7, 11) is -2.50. The van der Waals surface area contributed by atoms with Gasteiger partial charge < -0.3 is 19.9 Å². The SMILES string of the molecule is COc1cc2c(c(NS(=O)(=O)c3ccccc3)c1/C=C/C(N)=O)OCO2. The van der Waals surface area contributed by atoms with Gasteiger partial charge in [0.1, 0.15) is 11.4 Å². The molecule has 0 radical (unpaired) electrons. The van der Waals surface area contributed by atoms with E-state index in [2.05, 4.69) is 4.72 Å². The van der Waals surface area contributed by atoms with Crippen LogP contribution in [-0.4, -0.2) is 28.2 Å². The second kappa shape index (κ2) is 6.96. The van der Waals surface area contributed by atoms with E-state index in [9.17, 15) is 13.2 Å². The number of nitrogens with two attached hydrogens (primary N) is 1. The van der Waals surface area contributed by atoms with E-state index in [1.54, 1.807) is 24.3 Å². The van der Waals surface area contributed by atoms with E-state index in [0.29, 0.717) is 5.75 Å². The number of hydrogen-bond donors (Lipinski definition) is 2. The minimum Gasteiger partial charge on any atom is -0.496 e. The lowest BCUT2D eigenvalue weighted by molar-refractivity contribution is -0.113. The molecule has 8 nitrogen and oxygen atoms in total. The first-order valence-electron chi connectivity index (χ1n) is 7.48. The molecule has 1 amide bonds. The van der Waals surface area contributed by atoms with Crippen LogP contribution in [-0.2, 0) is 14.8 Å². The Bertz CT molecular complexity index is 970. The summed E-state index contributed by atoms with van der Waals surface area (Å²) in [6.45, 7) is -0.0679.